The molecule has 0 saturated heterocycles. The van der Waals surface area contributed by atoms with E-state index < -0.39 is 11.6 Å². The number of benzene rings is 1. The summed E-state index contributed by atoms with van der Waals surface area (Å²) < 4.78 is 26.1. The summed E-state index contributed by atoms with van der Waals surface area (Å²) in [7, 11) is 0. The van der Waals surface area contributed by atoms with Gasteiger partial charge in [0.25, 0.3) is 0 Å². The third-order valence-corrected chi connectivity index (χ3v) is 3.15. The van der Waals surface area contributed by atoms with Crippen LogP contribution in [-0.4, -0.2) is 4.98 Å². The van der Waals surface area contributed by atoms with Crippen LogP contribution in [0, 0.1) is 11.6 Å². The van der Waals surface area contributed by atoms with E-state index in [1.807, 2.05) is 26.0 Å². The lowest BCUT2D eigenvalue weighted by Crippen LogP contribution is -2.22. The predicted octanol–water partition coefficient (Wildman–Crippen LogP) is 3.77. The van der Waals surface area contributed by atoms with Crippen LogP contribution in [-0.2, 0) is 0 Å². The molecule has 1 aromatic carbocycles. The third kappa shape index (κ3) is 3.35. The molecule has 0 aliphatic rings. The van der Waals surface area contributed by atoms with E-state index in [0.717, 1.165) is 17.2 Å². The van der Waals surface area contributed by atoms with E-state index in [4.69, 9.17) is 0 Å². The first-order valence-corrected chi connectivity index (χ1v) is 6.19. The summed E-state index contributed by atoms with van der Waals surface area (Å²) >= 11 is 0. The van der Waals surface area contributed by atoms with Gasteiger partial charge in [-0.15, -0.1) is 0 Å². The second kappa shape index (κ2) is 5.89. The number of hydrogen-bond acceptors (Lipinski definition) is 2. The van der Waals surface area contributed by atoms with Crippen LogP contribution < -0.4 is 5.32 Å². The van der Waals surface area contributed by atoms with Crippen LogP contribution in [0.4, 0.5) is 8.78 Å². The largest absolute Gasteiger partial charge is 0.304 e. The van der Waals surface area contributed by atoms with Crippen molar-refractivity contribution < 1.29 is 8.78 Å². The van der Waals surface area contributed by atoms with Gasteiger partial charge in [-0.1, -0.05) is 6.07 Å². The zero-order chi connectivity index (χ0) is 13.8. The van der Waals surface area contributed by atoms with Crippen LogP contribution in [0.5, 0.6) is 0 Å². The average Bonchev–Trinajstić information content (AvgIpc) is 2.42. The summed E-state index contributed by atoms with van der Waals surface area (Å²) in [5.74, 6) is -1.64. The van der Waals surface area contributed by atoms with E-state index in [2.05, 4.69) is 10.3 Å². The second-order valence-electron chi connectivity index (χ2n) is 4.56. The van der Waals surface area contributed by atoms with Crippen molar-refractivity contribution in [2.24, 2.45) is 0 Å². The zero-order valence-electron chi connectivity index (χ0n) is 10.9. The van der Waals surface area contributed by atoms with Gasteiger partial charge in [-0.25, -0.2) is 8.78 Å². The van der Waals surface area contributed by atoms with Crippen LogP contribution in [0.3, 0.4) is 0 Å². The smallest absolute Gasteiger partial charge is 0.159 e. The molecule has 1 N–H and O–H groups in total. The maximum atomic E-state index is 13.2. The first-order valence-electron chi connectivity index (χ1n) is 6.19. The lowest BCUT2D eigenvalue weighted by molar-refractivity contribution is 0.480. The molecule has 1 aromatic heterocycles. The Morgan fingerprint density at radius 3 is 2.16 bits per heavy atom. The Morgan fingerprint density at radius 2 is 1.53 bits per heavy atom. The maximum absolute atomic E-state index is 13.2. The van der Waals surface area contributed by atoms with Gasteiger partial charge in [0, 0.05) is 24.5 Å². The van der Waals surface area contributed by atoms with Crippen molar-refractivity contribution in [1.29, 1.82) is 0 Å². The fraction of sp³-hybridized carbons (Fsp3) is 0.267. The monoisotopic (exact) mass is 262 g/mol. The van der Waals surface area contributed by atoms with Crippen molar-refractivity contribution in [3.63, 3.8) is 0 Å². The van der Waals surface area contributed by atoms with Gasteiger partial charge in [-0.05, 0) is 49.2 Å². The van der Waals surface area contributed by atoms with E-state index in [0.29, 0.717) is 0 Å². The van der Waals surface area contributed by atoms with E-state index in [9.17, 15) is 8.78 Å². The molecular formula is C15H16F2N2. The van der Waals surface area contributed by atoms with Gasteiger partial charge in [-0.2, -0.15) is 0 Å². The minimum Gasteiger partial charge on any atom is -0.304 e. The van der Waals surface area contributed by atoms with Crippen molar-refractivity contribution >= 4 is 0 Å². The van der Waals surface area contributed by atoms with Gasteiger partial charge in [0.1, 0.15) is 0 Å². The molecule has 2 rings (SSSR count). The first kappa shape index (κ1) is 13.6. The average molecular weight is 262 g/mol. The van der Waals surface area contributed by atoms with Crippen molar-refractivity contribution in [3.8, 4) is 0 Å². The summed E-state index contributed by atoms with van der Waals surface area (Å²) in [4.78, 5) is 3.97. The fourth-order valence-corrected chi connectivity index (χ4v) is 2.00. The lowest BCUT2D eigenvalue weighted by Gasteiger charge is -2.20. The minimum atomic E-state index is -0.821. The van der Waals surface area contributed by atoms with E-state index >= 15 is 0 Å². The van der Waals surface area contributed by atoms with Gasteiger partial charge in [-0.3, -0.25) is 4.98 Å². The van der Waals surface area contributed by atoms with Crippen LogP contribution in [0.2, 0.25) is 0 Å². The number of rotatable bonds is 4. The Balaban J connectivity index is 2.08. The maximum Gasteiger partial charge on any atom is 0.159 e. The number of hydrogen-bond donors (Lipinski definition) is 1. The summed E-state index contributed by atoms with van der Waals surface area (Å²) in [6.45, 7) is 3.94. The molecule has 100 valence electrons. The second-order valence-corrected chi connectivity index (χ2v) is 4.56. The first-order chi connectivity index (χ1) is 9.08. The fourth-order valence-electron chi connectivity index (χ4n) is 2.00. The number of nitrogens with zero attached hydrogens (tertiary/aromatic N) is 1. The molecule has 0 aliphatic carbocycles. The molecule has 1 heterocycles. The van der Waals surface area contributed by atoms with Crippen LogP contribution in [0.25, 0.3) is 0 Å². The normalized spacial score (nSPS) is 14.1. The molecular weight excluding hydrogens is 246 g/mol. The Labute approximate surface area is 111 Å². The van der Waals surface area contributed by atoms with Gasteiger partial charge in [0.15, 0.2) is 11.6 Å². The molecule has 2 nitrogen and oxygen atoms in total. The molecule has 0 saturated carbocycles. The molecule has 0 bridgehead atoms. The van der Waals surface area contributed by atoms with Crippen LogP contribution in [0.1, 0.15) is 37.1 Å². The van der Waals surface area contributed by atoms with Crippen molar-refractivity contribution in [3.05, 3.63) is 65.5 Å². The molecule has 0 spiro atoms. The number of nitrogens with one attached hydrogen (secondary N) is 1. The van der Waals surface area contributed by atoms with E-state index in [-0.39, 0.29) is 12.1 Å². The lowest BCUT2D eigenvalue weighted by atomic mass is 10.0. The predicted molar refractivity (Wildman–Crippen MR) is 70.6 cm³/mol. The van der Waals surface area contributed by atoms with Gasteiger partial charge < -0.3 is 5.32 Å². The van der Waals surface area contributed by atoms with Gasteiger partial charge >= 0.3 is 0 Å². The summed E-state index contributed by atoms with van der Waals surface area (Å²) in [6.07, 6.45) is 3.46. The quantitative estimate of drug-likeness (QED) is 0.907. The molecule has 19 heavy (non-hydrogen) atoms. The molecule has 0 amide bonds. The third-order valence-electron chi connectivity index (χ3n) is 3.15. The standard InChI is InChI=1S/C15H16F2N2/c1-10(12-5-7-18-8-6-12)19-11(2)13-3-4-14(16)15(17)9-13/h3-11,19H,1-2H3/t10-,11?/m1/s1. The van der Waals surface area contributed by atoms with Crippen LogP contribution >= 0.6 is 0 Å². The molecule has 4 heteroatoms. The summed E-state index contributed by atoms with van der Waals surface area (Å²) in [5.41, 5.74) is 1.82. The Kier molecular flexibility index (Phi) is 4.22. The van der Waals surface area contributed by atoms with E-state index in [1.54, 1.807) is 18.5 Å². The van der Waals surface area contributed by atoms with Crippen molar-refractivity contribution in [2.45, 2.75) is 25.9 Å². The molecule has 2 atom stereocenters. The highest BCUT2D eigenvalue weighted by Crippen LogP contribution is 2.20. The molecule has 0 fully saturated rings. The number of aromatic nitrogens is 1. The number of pyridine rings is 1. The Morgan fingerprint density at radius 1 is 0.895 bits per heavy atom. The highest BCUT2D eigenvalue weighted by atomic mass is 19.2. The summed E-state index contributed by atoms with van der Waals surface area (Å²) in [6, 6.07) is 7.86. The molecule has 0 aliphatic heterocycles. The van der Waals surface area contributed by atoms with Crippen molar-refractivity contribution in [2.75, 3.05) is 0 Å². The SMILES string of the molecule is CC(N[C@H](C)c1ccncc1)c1ccc(F)c(F)c1. The zero-order valence-corrected chi connectivity index (χ0v) is 10.9. The Hall–Kier alpha value is -1.81. The highest BCUT2D eigenvalue weighted by Gasteiger charge is 2.12. The number of halogens is 2. The highest BCUT2D eigenvalue weighted by molar-refractivity contribution is 5.22. The summed E-state index contributed by atoms with van der Waals surface area (Å²) in [5, 5.41) is 3.34. The van der Waals surface area contributed by atoms with Gasteiger partial charge in [0.2, 0.25) is 0 Å². The molecule has 1 unspecified atom stereocenters. The molecule has 2 aromatic rings. The molecule has 0 radical (unpaired) electrons. The van der Waals surface area contributed by atoms with Crippen molar-refractivity contribution in [1.82, 2.24) is 10.3 Å². The van der Waals surface area contributed by atoms with E-state index in [1.165, 1.54) is 6.07 Å². The van der Waals surface area contributed by atoms with Gasteiger partial charge in [0.05, 0.1) is 0 Å². The van der Waals surface area contributed by atoms with Crippen LogP contribution in [0.15, 0.2) is 42.7 Å². The topological polar surface area (TPSA) is 24.9 Å². The Bertz CT molecular complexity index is 543. The minimum absolute atomic E-state index is 0.0711.